The van der Waals surface area contributed by atoms with Crippen LogP contribution in [0.15, 0.2) is 0 Å². The SMILES string of the molecule is OCCN(CC(F)(F)F)CC1(O)CCCCC1. The molecule has 0 aliphatic heterocycles. The molecule has 6 heteroatoms. The zero-order valence-corrected chi connectivity index (χ0v) is 9.84. The third-order valence-electron chi connectivity index (χ3n) is 3.12. The number of hydrogen-bond donors (Lipinski definition) is 2. The van der Waals surface area contributed by atoms with Crippen LogP contribution < -0.4 is 0 Å². The zero-order chi connectivity index (χ0) is 12.9. The highest BCUT2D eigenvalue weighted by atomic mass is 19.4. The molecule has 0 radical (unpaired) electrons. The van der Waals surface area contributed by atoms with Gasteiger partial charge in [-0.3, -0.25) is 4.90 Å². The molecule has 1 aliphatic carbocycles. The van der Waals surface area contributed by atoms with Crippen LogP contribution in [-0.4, -0.2) is 53.1 Å². The van der Waals surface area contributed by atoms with Crippen LogP contribution in [0.3, 0.4) is 0 Å². The Morgan fingerprint density at radius 1 is 1.12 bits per heavy atom. The Labute approximate surface area is 99.2 Å². The van der Waals surface area contributed by atoms with E-state index in [-0.39, 0.29) is 19.7 Å². The van der Waals surface area contributed by atoms with Crippen LogP contribution in [0.2, 0.25) is 0 Å². The van der Waals surface area contributed by atoms with Crippen LogP contribution >= 0.6 is 0 Å². The fraction of sp³-hybridized carbons (Fsp3) is 1.00. The third-order valence-corrected chi connectivity index (χ3v) is 3.12. The molecule has 0 bridgehead atoms. The second-order valence-corrected chi connectivity index (χ2v) is 4.83. The van der Waals surface area contributed by atoms with Gasteiger partial charge in [0.05, 0.1) is 18.8 Å². The normalized spacial score (nSPS) is 20.8. The van der Waals surface area contributed by atoms with Crippen molar-refractivity contribution in [3.63, 3.8) is 0 Å². The summed E-state index contributed by atoms with van der Waals surface area (Å²) in [6.45, 7) is -1.46. The van der Waals surface area contributed by atoms with Gasteiger partial charge in [0.15, 0.2) is 0 Å². The first-order chi connectivity index (χ1) is 7.85. The van der Waals surface area contributed by atoms with Crippen molar-refractivity contribution < 1.29 is 23.4 Å². The maximum absolute atomic E-state index is 12.3. The molecule has 1 rings (SSSR count). The summed E-state index contributed by atoms with van der Waals surface area (Å²) >= 11 is 0. The van der Waals surface area contributed by atoms with E-state index in [0.29, 0.717) is 12.8 Å². The first-order valence-electron chi connectivity index (χ1n) is 5.97. The van der Waals surface area contributed by atoms with Crippen molar-refractivity contribution in [2.75, 3.05) is 26.2 Å². The van der Waals surface area contributed by atoms with Gasteiger partial charge in [-0.2, -0.15) is 13.2 Å². The summed E-state index contributed by atoms with van der Waals surface area (Å²) < 4.78 is 36.9. The second-order valence-electron chi connectivity index (χ2n) is 4.83. The lowest BCUT2D eigenvalue weighted by Crippen LogP contribution is -2.48. The van der Waals surface area contributed by atoms with E-state index in [9.17, 15) is 18.3 Å². The standard InChI is InChI=1S/C11H20F3NO2/c12-11(13,14)9-15(6-7-16)8-10(17)4-2-1-3-5-10/h16-17H,1-9H2. The largest absolute Gasteiger partial charge is 0.401 e. The maximum atomic E-state index is 12.3. The molecule has 0 aromatic rings. The van der Waals surface area contributed by atoms with E-state index >= 15 is 0 Å². The monoisotopic (exact) mass is 255 g/mol. The molecule has 2 N–H and O–H groups in total. The van der Waals surface area contributed by atoms with Gasteiger partial charge in [0.2, 0.25) is 0 Å². The van der Waals surface area contributed by atoms with Gasteiger partial charge in [-0.15, -0.1) is 0 Å². The molecule has 1 aliphatic rings. The predicted octanol–water partition coefficient (Wildman–Crippen LogP) is 1.54. The summed E-state index contributed by atoms with van der Waals surface area (Å²) in [5.74, 6) is 0. The highest BCUT2D eigenvalue weighted by Gasteiger charge is 2.36. The fourth-order valence-corrected chi connectivity index (χ4v) is 2.39. The molecule has 0 aromatic heterocycles. The molecular formula is C11H20F3NO2. The van der Waals surface area contributed by atoms with Crippen molar-refractivity contribution >= 4 is 0 Å². The first-order valence-corrected chi connectivity index (χ1v) is 5.97. The van der Waals surface area contributed by atoms with Crippen molar-refractivity contribution in [2.45, 2.75) is 43.9 Å². The van der Waals surface area contributed by atoms with Gasteiger partial charge in [-0.1, -0.05) is 19.3 Å². The van der Waals surface area contributed by atoms with E-state index in [2.05, 4.69) is 0 Å². The number of nitrogens with zero attached hydrogens (tertiary/aromatic N) is 1. The van der Waals surface area contributed by atoms with Crippen LogP contribution in [0, 0.1) is 0 Å². The minimum atomic E-state index is -4.29. The molecule has 1 saturated carbocycles. The van der Waals surface area contributed by atoms with Gasteiger partial charge in [0, 0.05) is 13.1 Å². The van der Waals surface area contributed by atoms with Crippen LogP contribution in [0.25, 0.3) is 0 Å². The third kappa shape index (κ3) is 5.70. The van der Waals surface area contributed by atoms with Crippen molar-refractivity contribution in [1.29, 1.82) is 0 Å². The molecular weight excluding hydrogens is 235 g/mol. The number of halogens is 3. The average Bonchev–Trinajstić information content (AvgIpc) is 2.15. The van der Waals surface area contributed by atoms with E-state index in [1.54, 1.807) is 0 Å². The minimum Gasteiger partial charge on any atom is -0.395 e. The second kappa shape index (κ2) is 6.02. The molecule has 0 unspecified atom stereocenters. The van der Waals surface area contributed by atoms with Gasteiger partial charge >= 0.3 is 6.18 Å². The maximum Gasteiger partial charge on any atom is 0.401 e. The van der Waals surface area contributed by atoms with Gasteiger partial charge in [-0.25, -0.2) is 0 Å². The minimum absolute atomic E-state index is 0.00687. The molecule has 17 heavy (non-hydrogen) atoms. The molecule has 1 fully saturated rings. The van der Waals surface area contributed by atoms with Gasteiger partial charge in [-0.05, 0) is 12.8 Å². The van der Waals surface area contributed by atoms with E-state index in [0.717, 1.165) is 24.2 Å². The summed E-state index contributed by atoms with van der Waals surface area (Å²) in [4.78, 5) is 1.09. The van der Waals surface area contributed by atoms with Gasteiger partial charge < -0.3 is 10.2 Å². The molecule has 0 heterocycles. The Bertz CT molecular complexity index is 227. The number of rotatable bonds is 5. The molecule has 0 spiro atoms. The van der Waals surface area contributed by atoms with Gasteiger partial charge in [0.1, 0.15) is 0 Å². The number of alkyl halides is 3. The highest BCUT2D eigenvalue weighted by Crippen LogP contribution is 2.29. The predicted molar refractivity (Wildman–Crippen MR) is 57.6 cm³/mol. The van der Waals surface area contributed by atoms with Crippen molar-refractivity contribution in [1.82, 2.24) is 4.90 Å². The van der Waals surface area contributed by atoms with E-state index in [4.69, 9.17) is 5.11 Å². The summed E-state index contributed by atoms with van der Waals surface area (Å²) in [6.07, 6.45) is -0.452. The Morgan fingerprint density at radius 2 is 1.71 bits per heavy atom. The van der Waals surface area contributed by atoms with Crippen LogP contribution in [0.4, 0.5) is 13.2 Å². The van der Waals surface area contributed by atoms with E-state index < -0.39 is 18.3 Å². The Kier molecular flexibility index (Phi) is 5.22. The fourth-order valence-electron chi connectivity index (χ4n) is 2.39. The van der Waals surface area contributed by atoms with Crippen molar-refractivity contribution in [3.05, 3.63) is 0 Å². The quantitative estimate of drug-likeness (QED) is 0.783. The Hall–Kier alpha value is -0.330. The van der Waals surface area contributed by atoms with Crippen LogP contribution in [0.1, 0.15) is 32.1 Å². The molecule has 3 nitrogen and oxygen atoms in total. The topological polar surface area (TPSA) is 43.7 Å². The molecule has 102 valence electrons. The number of hydrogen-bond acceptors (Lipinski definition) is 3. The lowest BCUT2D eigenvalue weighted by molar-refractivity contribution is -0.155. The van der Waals surface area contributed by atoms with Crippen LogP contribution in [0.5, 0.6) is 0 Å². The van der Waals surface area contributed by atoms with Crippen molar-refractivity contribution in [2.24, 2.45) is 0 Å². The molecule has 0 aromatic carbocycles. The van der Waals surface area contributed by atoms with E-state index in [1.807, 2.05) is 0 Å². The smallest absolute Gasteiger partial charge is 0.395 e. The molecule has 0 amide bonds. The Morgan fingerprint density at radius 3 is 2.18 bits per heavy atom. The average molecular weight is 255 g/mol. The number of aliphatic hydroxyl groups excluding tert-OH is 1. The summed E-state index contributed by atoms with van der Waals surface area (Å²) in [6, 6.07) is 0. The number of aliphatic hydroxyl groups is 2. The first kappa shape index (κ1) is 14.7. The molecule has 0 atom stereocenters. The lowest BCUT2D eigenvalue weighted by atomic mass is 9.84. The summed E-state index contributed by atoms with van der Waals surface area (Å²) in [5.41, 5.74) is -1.02. The summed E-state index contributed by atoms with van der Waals surface area (Å²) in [5, 5.41) is 18.9. The highest BCUT2D eigenvalue weighted by molar-refractivity contribution is 4.86. The summed E-state index contributed by atoms with van der Waals surface area (Å²) in [7, 11) is 0. The lowest BCUT2D eigenvalue weighted by Gasteiger charge is -2.37. The zero-order valence-electron chi connectivity index (χ0n) is 9.84. The van der Waals surface area contributed by atoms with Crippen LogP contribution in [-0.2, 0) is 0 Å². The Balaban J connectivity index is 2.52. The molecule has 0 saturated heterocycles. The van der Waals surface area contributed by atoms with Gasteiger partial charge in [0.25, 0.3) is 0 Å². The van der Waals surface area contributed by atoms with Crippen molar-refractivity contribution in [3.8, 4) is 0 Å². The van der Waals surface area contributed by atoms with E-state index in [1.165, 1.54) is 0 Å².